The number of imide groups is 1. The molecule has 2 aromatic rings. The van der Waals surface area contributed by atoms with E-state index in [9.17, 15) is 32.7 Å². The number of hydrogen-bond donors (Lipinski definition) is 1. The Kier molecular flexibility index (Phi) is 7.75. The van der Waals surface area contributed by atoms with Crippen LogP contribution in [0.1, 0.15) is 45.7 Å². The Bertz CT molecular complexity index is 1330. The second-order valence-electron chi connectivity index (χ2n) is 7.53. The molecule has 1 aliphatic rings. The number of carbonyl (C=O) groups is 2. The Morgan fingerprint density at radius 1 is 1.15 bits per heavy atom. The molecule has 0 radical (unpaired) electrons. The van der Waals surface area contributed by atoms with E-state index in [-0.39, 0.29) is 50.2 Å². The molecule has 9 nitrogen and oxygen atoms in total. The van der Waals surface area contributed by atoms with Crippen molar-refractivity contribution in [1.29, 1.82) is 5.26 Å². The molecule has 1 aliphatic heterocycles. The van der Waals surface area contributed by atoms with Crippen LogP contribution in [0.2, 0.25) is 0 Å². The van der Waals surface area contributed by atoms with Gasteiger partial charge in [0.15, 0.2) is 5.69 Å². The minimum atomic E-state index is -5.22. The first-order valence-corrected chi connectivity index (χ1v) is 10.1. The van der Waals surface area contributed by atoms with E-state index in [0.717, 1.165) is 11.9 Å². The quantitative estimate of drug-likeness (QED) is 0.323. The van der Waals surface area contributed by atoms with Crippen molar-refractivity contribution in [3.05, 3.63) is 49.2 Å². The molecule has 0 unspecified atom stereocenters. The Balaban J connectivity index is 0.00000408. The van der Waals surface area contributed by atoms with E-state index in [4.69, 9.17) is 5.26 Å². The van der Waals surface area contributed by atoms with Gasteiger partial charge in [-0.2, -0.15) is 18.4 Å². The van der Waals surface area contributed by atoms with Crippen LogP contribution in [0.3, 0.4) is 0 Å². The SMILES string of the molecule is CC(C)CN1C(=O)c2ccc(Br)c(N=Nc3c(C(F)(F)F)c(C#N)c(O)n(C)c3=O)c2C1=O.[Ni+2]. The van der Waals surface area contributed by atoms with E-state index in [1.54, 1.807) is 13.8 Å². The normalized spacial score (nSPS) is 13.4. The maximum atomic E-state index is 13.7. The molecule has 34 heavy (non-hydrogen) atoms. The molecule has 3 rings (SSSR count). The Morgan fingerprint density at radius 2 is 1.74 bits per heavy atom. The van der Waals surface area contributed by atoms with Crippen molar-refractivity contribution in [2.24, 2.45) is 23.2 Å². The van der Waals surface area contributed by atoms with E-state index in [1.165, 1.54) is 18.2 Å². The van der Waals surface area contributed by atoms with Gasteiger partial charge >= 0.3 is 22.7 Å². The number of amides is 2. The number of aromatic nitrogens is 1. The third kappa shape index (κ3) is 4.50. The van der Waals surface area contributed by atoms with E-state index >= 15 is 0 Å². The summed E-state index contributed by atoms with van der Waals surface area (Å²) < 4.78 is 41.6. The number of carbonyl (C=O) groups excluding carboxylic acids is 2. The Labute approximate surface area is 208 Å². The minimum absolute atomic E-state index is 0. The summed E-state index contributed by atoms with van der Waals surface area (Å²) in [6.07, 6.45) is -5.22. The van der Waals surface area contributed by atoms with Crippen LogP contribution in [0, 0.1) is 17.2 Å². The number of aromatic hydroxyl groups is 1. The Hall–Kier alpha value is -3.04. The third-order valence-corrected chi connectivity index (χ3v) is 5.43. The predicted octanol–water partition coefficient (Wildman–Crippen LogP) is 4.41. The van der Waals surface area contributed by atoms with Crippen LogP contribution < -0.4 is 5.56 Å². The minimum Gasteiger partial charge on any atom is -0.493 e. The van der Waals surface area contributed by atoms with Gasteiger partial charge in [0.2, 0.25) is 5.88 Å². The maximum absolute atomic E-state index is 13.7. The molecule has 0 spiro atoms. The number of hydrogen-bond acceptors (Lipinski definition) is 7. The number of azo groups is 1. The Morgan fingerprint density at radius 3 is 2.26 bits per heavy atom. The molecule has 0 fully saturated rings. The van der Waals surface area contributed by atoms with Crippen molar-refractivity contribution < 1.29 is 44.4 Å². The molecular weight excluding hydrogens is 570 g/mol. The summed E-state index contributed by atoms with van der Waals surface area (Å²) in [7, 11) is 0.958. The summed E-state index contributed by atoms with van der Waals surface area (Å²) in [6, 6.07) is 3.96. The van der Waals surface area contributed by atoms with Gasteiger partial charge < -0.3 is 5.11 Å². The van der Waals surface area contributed by atoms with E-state index in [0.29, 0.717) is 4.57 Å². The van der Waals surface area contributed by atoms with Crippen molar-refractivity contribution in [3.8, 4) is 11.9 Å². The molecule has 180 valence electrons. The van der Waals surface area contributed by atoms with Gasteiger partial charge in [0.05, 0.1) is 11.1 Å². The number of fused-ring (bicyclic) bond motifs is 1. The summed E-state index contributed by atoms with van der Waals surface area (Å²) in [5.74, 6) is -2.51. The van der Waals surface area contributed by atoms with Crippen LogP contribution in [-0.2, 0) is 29.7 Å². The fourth-order valence-electron chi connectivity index (χ4n) is 3.30. The van der Waals surface area contributed by atoms with Crippen LogP contribution in [0.15, 0.2) is 31.6 Å². The number of nitriles is 1. The first-order valence-electron chi connectivity index (χ1n) is 9.34. The van der Waals surface area contributed by atoms with Gasteiger partial charge in [0, 0.05) is 18.1 Å². The molecule has 2 heterocycles. The molecule has 2 amide bonds. The van der Waals surface area contributed by atoms with Crippen molar-refractivity contribution in [2.75, 3.05) is 6.54 Å². The van der Waals surface area contributed by atoms with Crippen molar-refractivity contribution in [2.45, 2.75) is 20.0 Å². The zero-order valence-corrected chi connectivity index (χ0v) is 20.2. The zero-order chi connectivity index (χ0) is 24.8. The largest absolute Gasteiger partial charge is 2.00 e. The van der Waals surface area contributed by atoms with E-state index in [1.807, 2.05) is 0 Å². The van der Waals surface area contributed by atoms with Crippen LogP contribution in [0.4, 0.5) is 24.5 Å². The zero-order valence-electron chi connectivity index (χ0n) is 17.7. The molecule has 1 aromatic heterocycles. The first kappa shape index (κ1) is 27.2. The molecular formula is C20H15BrF3N5NiO4+2. The van der Waals surface area contributed by atoms with Crippen LogP contribution >= 0.6 is 15.9 Å². The van der Waals surface area contributed by atoms with Crippen molar-refractivity contribution >= 4 is 39.1 Å². The summed E-state index contributed by atoms with van der Waals surface area (Å²) in [4.78, 5) is 39.0. The summed E-state index contributed by atoms with van der Waals surface area (Å²) in [6.45, 7) is 3.71. The van der Waals surface area contributed by atoms with Crippen molar-refractivity contribution in [1.82, 2.24) is 9.47 Å². The van der Waals surface area contributed by atoms with Crippen LogP contribution in [0.5, 0.6) is 5.88 Å². The van der Waals surface area contributed by atoms with Gasteiger partial charge in [0.25, 0.3) is 17.4 Å². The second-order valence-corrected chi connectivity index (χ2v) is 8.38. The molecule has 0 aliphatic carbocycles. The monoisotopic (exact) mass is 583 g/mol. The molecule has 14 heteroatoms. The number of halogens is 4. The van der Waals surface area contributed by atoms with Gasteiger partial charge in [0.1, 0.15) is 22.9 Å². The predicted molar refractivity (Wildman–Crippen MR) is 112 cm³/mol. The number of benzene rings is 1. The van der Waals surface area contributed by atoms with Gasteiger partial charge in [-0.1, -0.05) is 13.8 Å². The fourth-order valence-corrected chi connectivity index (χ4v) is 3.71. The number of pyridine rings is 1. The van der Waals surface area contributed by atoms with Gasteiger partial charge in [-0.25, -0.2) is 0 Å². The number of alkyl halides is 3. The van der Waals surface area contributed by atoms with E-state index in [2.05, 4.69) is 26.2 Å². The molecule has 1 N–H and O–H groups in total. The van der Waals surface area contributed by atoms with Gasteiger partial charge in [-0.3, -0.25) is 23.9 Å². The first-order chi connectivity index (χ1) is 15.3. The molecule has 1 aromatic carbocycles. The molecule has 0 saturated heterocycles. The second kappa shape index (κ2) is 9.68. The molecule has 0 saturated carbocycles. The molecule has 0 atom stereocenters. The third-order valence-electron chi connectivity index (χ3n) is 4.79. The number of rotatable bonds is 4. The topological polar surface area (TPSA) is 128 Å². The average molecular weight is 585 g/mol. The number of nitrogens with zero attached hydrogens (tertiary/aromatic N) is 5. The van der Waals surface area contributed by atoms with Crippen molar-refractivity contribution in [3.63, 3.8) is 0 Å². The standard InChI is InChI=1S/C20H15BrF3N5O4.Ni/c1-8(2)7-29-17(31)9-4-5-11(21)14(12(9)18(29)32)26-27-15-13(20(22,23)24)10(6-25)16(30)28(3)19(15)33;/h4-5,8,30H,7H2,1-3H3;/q;+2. The summed E-state index contributed by atoms with van der Waals surface area (Å²) >= 11 is 3.14. The van der Waals surface area contributed by atoms with Gasteiger partial charge in [-0.05, 0) is 34.0 Å². The van der Waals surface area contributed by atoms with E-state index < -0.39 is 46.2 Å². The summed E-state index contributed by atoms with van der Waals surface area (Å²) in [5.41, 5.74) is -6.02. The fraction of sp³-hybridized carbons (Fsp3) is 0.300. The van der Waals surface area contributed by atoms with Gasteiger partial charge in [-0.15, -0.1) is 10.2 Å². The molecule has 0 bridgehead atoms. The average Bonchev–Trinajstić information content (AvgIpc) is 2.95. The smallest absolute Gasteiger partial charge is 0.493 e. The maximum Gasteiger partial charge on any atom is 2.00 e. The van der Waals surface area contributed by atoms with Crippen LogP contribution in [0.25, 0.3) is 0 Å². The van der Waals surface area contributed by atoms with Crippen LogP contribution in [-0.4, -0.2) is 32.9 Å². The summed E-state index contributed by atoms with van der Waals surface area (Å²) in [5, 5.41) is 26.1.